The molecule has 0 aliphatic carbocycles. The molecule has 4 rings (SSSR count). The third-order valence-corrected chi connectivity index (χ3v) is 4.28. The number of nitrogens with zero attached hydrogens (tertiary/aromatic N) is 6. The fourth-order valence-corrected chi connectivity index (χ4v) is 3.04. The summed E-state index contributed by atoms with van der Waals surface area (Å²) in [7, 11) is 1.52. The number of hydrogen-bond acceptors (Lipinski definition) is 7. The van der Waals surface area contributed by atoms with Gasteiger partial charge >= 0.3 is 0 Å². The van der Waals surface area contributed by atoms with E-state index in [1.165, 1.54) is 13.4 Å². The molecule has 0 spiro atoms. The van der Waals surface area contributed by atoms with Crippen LogP contribution in [0.25, 0.3) is 5.78 Å². The molecule has 9 heteroatoms. The van der Waals surface area contributed by atoms with E-state index in [0.717, 1.165) is 11.4 Å². The second-order valence-corrected chi connectivity index (χ2v) is 5.99. The standard InChI is InChI=1S/C17H18N6O3.C2H6/c1-11-7-13(23-17(21-11)19-10-20-23)14-9-22(5-6-26-14)16(24)12-3-4-18-15(8-12)25-2;1-2/h3-4,7-8,10,14H,5-6,9H2,1-2H3;1-2H3. The van der Waals surface area contributed by atoms with Crippen LogP contribution in [0.15, 0.2) is 30.7 Å². The highest BCUT2D eigenvalue weighted by molar-refractivity contribution is 5.94. The fraction of sp³-hybridized carbons (Fsp3) is 0.421. The van der Waals surface area contributed by atoms with Crippen molar-refractivity contribution in [1.29, 1.82) is 0 Å². The SMILES string of the molecule is CC.COc1cc(C(=O)N2CCOC(c3cc(C)nc4ncnn34)C2)ccn1. The lowest BCUT2D eigenvalue weighted by molar-refractivity contribution is -0.0257. The third kappa shape index (κ3) is 3.94. The number of ether oxygens (including phenoxy) is 2. The van der Waals surface area contributed by atoms with Gasteiger partial charge in [-0.25, -0.2) is 9.97 Å². The zero-order valence-corrected chi connectivity index (χ0v) is 16.5. The summed E-state index contributed by atoms with van der Waals surface area (Å²) in [5.41, 5.74) is 2.19. The van der Waals surface area contributed by atoms with Crippen molar-refractivity contribution in [2.45, 2.75) is 26.9 Å². The molecule has 1 saturated heterocycles. The van der Waals surface area contributed by atoms with Gasteiger partial charge in [-0.1, -0.05) is 13.8 Å². The average molecular weight is 384 g/mol. The number of fused-ring (bicyclic) bond motifs is 1. The molecular formula is C19H24N6O3. The molecule has 1 unspecified atom stereocenters. The van der Waals surface area contributed by atoms with Gasteiger partial charge in [0, 0.05) is 30.1 Å². The number of carbonyl (C=O) groups is 1. The van der Waals surface area contributed by atoms with Crippen LogP contribution in [0.5, 0.6) is 5.88 Å². The van der Waals surface area contributed by atoms with Gasteiger partial charge in [-0.2, -0.15) is 14.6 Å². The van der Waals surface area contributed by atoms with Crippen molar-refractivity contribution in [3.05, 3.63) is 47.7 Å². The second-order valence-electron chi connectivity index (χ2n) is 5.99. The number of morpholine rings is 1. The number of aromatic nitrogens is 5. The maximum Gasteiger partial charge on any atom is 0.254 e. The first-order chi connectivity index (χ1) is 13.7. The summed E-state index contributed by atoms with van der Waals surface area (Å²) >= 11 is 0. The van der Waals surface area contributed by atoms with Crippen molar-refractivity contribution in [2.75, 3.05) is 26.8 Å². The summed E-state index contributed by atoms with van der Waals surface area (Å²) in [5, 5.41) is 4.22. The predicted octanol–water partition coefficient (Wildman–Crippen LogP) is 2.08. The maximum absolute atomic E-state index is 12.9. The molecule has 0 radical (unpaired) electrons. The van der Waals surface area contributed by atoms with E-state index in [-0.39, 0.29) is 12.0 Å². The number of methoxy groups -OCH3 is 1. The molecule has 1 aliphatic rings. The highest BCUT2D eigenvalue weighted by Crippen LogP contribution is 2.24. The summed E-state index contributed by atoms with van der Waals surface area (Å²) in [6.45, 7) is 7.27. The van der Waals surface area contributed by atoms with Gasteiger partial charge in [-0.3, -0.25) is 4.79 Å². The number of pyridine rings is 1. The zero-order valence-electron chi connectivity index (χ0n) is 16.5. The lowest BCUT2D eigenvalue weighted by Gasteiger charge is -2.33. The fourth-order valence-electron chi connectivity index (χ4n) is 3.04. The molecule has 1 aliphatic heterocycles. The van der Waals surface area contributed by atoms with Gasteiger partial charge in [0.25, 0.3) is 11.7 Å². The van der Waals surface area contributed by atoms with Crippen LogP contribution in [0.3, 0.4) is 0 Å². The molecule has 28 heavy (non-hydrogen) atoms. The van der Waals surface area contributed by atoms with Crippen LogP contribution in [0, 0.1) is 6.92 Å². The number of hydrogen-bond donors (Lipinski definition) is 0. The second kappa shape index (κ2) is 8.75. The third-order valence-electron chi connectivity index (χ3n) is 4.28. The van der Waals surface area contributed by atoms with Crippen LogP contribution in [0.2, 0.25) is 0 Å². The van der Waals surface area contributed by atoms with Crippen molar-refractivity contribution < 1.29 is 14.3 Å². The van der Waals surface area contributed by atoms with E-state index in [1.807, 2.05) is 26.8 Å². The average Bonchev–Trinajstić information content (AvgIpc) is 3.22. The van der Waals surface area contributed by atoms with Gasteiger partial charge in [0.05, 0.1) is 26.0 Å². The Balaban J connectivity index is 0.00000109. The first-order valence-electron chi connectivity index (χ1n) is 9.24. The van der Waals surface area contributed by atoms with Gasteiger partial charge in [0.15, 0.2) is 0 Å². The minimum Gasteiger partial charge on any atom is -0.481 e. The summed E-state index contributed by atoms with van der Waals surface area (Å²) in [5.74, 6) is 0.847. The van der Waals surface area contributed by atoms with E-state index in [1.54, 1.807) is 27.7 Å². The molecule has 148 valence electrons. The Hall–Kier alpha value is -3.07. The molecule has 0 aromatic carbocycles. The van der Waals surface area contributed by atoms with Crippen molar-refractivity contribution in [3.63, 3.8) is 0 Å². The summed E-state index contributed by atoms with van der Waals surface area (Å²) in [6, 6.07) is 5.23. The lowest BCUT2D eigenvalue weighted by Crippen LogP contribution is -2.42. The molecule has 3 aromatic heterocycles. The van der Waals surface area contributed by atoms with Crippen LogP contribution in [-0.2, 0) is 4.74 Å². The smallest absolute Gasteiger partial charge is 0.254 e. The van der Waals surface area contributed by atoms with E-state index < -0.39 is 0 Å². The Bertz CT molecular complexity index is 958. The normalized spacial score (nSPS) is 16.4. The monoisotopic (exact) mass is 384 g/mol. The molecule has 9 nitrogen and oxygen atoms in total. The van der Waals surface area contributed by atoms with Crippen LogP contribution >= 0.6 is 0 Å². The highest BCUT2D eigenvalue weighted by atomic mass is 16.5. The van der Waals surface area contributed by atoms with Gasteiger partial charge in [0.1, 0.15) is 12.4 Å². The van der Waals surface area contributed by atoms with Gasteiger partial charge in [0.2, 0.25) is 5.88 Å². The van der Waals surface area contributed by atoms with Crippen LogP contribution < -0.4 is 4.74 Å². The molecule has 0 saturated carbocycles. The summed E-state index contributed by atoms with van der Waals surface area (Å²) in [4.78, 5) is 27.2. The summed E-state index contributed by atoms with van der Waals surface area (Å²) < 4.78 is 12.7. The molecule has 4 heterocycles. The highest BCUT2D eigenvalue weighted by Gasteiger charge is 2.28. The van der Waals surface area contributed by atoms with Crippen molar-refractivity contribution in [2.24, 2.45) is 0 Å². The number of rotatable bonds is 3. The van der Waals surface area contributed by atoms with Gasteiger partial charge in [-0.15, -0.1) is 0 Å². The van der Waals surface area contributed by atoms with E-state index >= 15 is 0 Å². The Morgan fingerprint density at radius 3 is 2.89 bits per heavy atom. The van der Waals surface area contributed by atoms with E-state index in [4.69, 9.17) is 9.47 Å². The van der Waals surface area contributed by atoms with Crippen LogP contribution in [0.4, 0.5) is 0 Å². The number of aryl methyl sites for hydroxylation is 1. The van der Waals surface area contributed by atoms with Crippen LogP contribution in [0.1, 0.15) is 41.7 Å². The van der Waals surface area contributed by atoms with Crippen LogP contribution in [-0.4, -0.2) is 62.2 Å². The Labute approximate surface area is 163 Å². The van der Waals surface area contributed by atoms with Gasteiger partial charge in [-0.05, 0) is 19.1 Å². The number of amides is 1. The molecule has 0 N–H and O–H groups in total. The largest absolute Gasteiger partial charge is 0.481 e. The van der Waals surface area contributed by atoms with E-state index in [2.05, 4.69) is 20.1 Å². The molecule has 1 atom stereocenters. The number of carbonyl (C=O) groups excluding carboxylic acids is 1. The van der Waals surface area contributed by atoms with E-state index in [0.29, 0.717) is 36.9 Å². The minimum absolute atomic E-state index is 0.0837. The maximum atomic E-state index is 12.9. The molecule has 1 amide bonds. The molecule has 3 aromatic rings. The predicted molar refractivity (Wildman–Crippen MR) is 102 cm³/mol. The minimum atomic E-state index is -0.303. The Morgan fingerprint density at radius 2 is 2.11 bits per heavy atom. The topological polar surface area (TPSA) is 94.7 Å². The quantitative estimate of drug-likeness (QED) is 0.682. The molecular weight excluding hydrogens is 360 g/mol. The van der Waals surface area contributed by atoms with Crippen molar-refractivity contribution in [3.8, 4) is 5.88 Å². The van der Waals surface area contributed by atoms with Crippen molar-refractivity contribution >= 4 is 11.7 Å². The first-order valence-corrected chi connectivity index (χ1v) is 9.24. The lowest BCUT2D eigenvalue weighted by atomic mass is 10.1. The first kappa shape index (κ1) is 19.7. The Kier molecular flexibility index (Phi) is 6.15. The van der Waals surface area contributed by atoms with Gasteiger partial charge < -0.3 is 14.4 Å². The Morgan fingerprint density at radius 1 is 1.29 bits per heavy atom. The molecule has 1 fully saturated rings. The summed E-state index contributed by atoms with van der Waals surface area (Å²) in [6.07, 6.45) is 2.72. The molecule has 0 bridgehead atoms. The zero-order chi connectivity index (χ0) is 20.1. The van der Waals surface area contributed by atoms with E-state index in [9.17, 15) is 4.79 Å². The van der Waals surface area contributed by atoms with Crippen molar-refractivity contribution in [1.82, 2.24) is 29.5 Å².